The molecule has 2 heterocycles. The molecule has 2 saturated heterocycles. The van der Waals surface area contributed by atoms with Crippen LogP contribution in [-0.4, -0.2) is 63.9 Å². The van der Waals surface area contributed by atoms with E-state index in [1.54, 1.807) is 11.8 Å². The average Bonchev–Trinajstić information content (AvgIpc) is 3.15. The van der Waals surface area contributed by atoms with Gasteiger partial charge in [-0.1, -0.05) is 12.5 Å². The first kappa shape index (κ1) is 20.3. The van der Waals surface area contributed by atoms with E-state index in [1.807, 2.05) is 0 Å². The second-order valence-electron chi connectivity index (χ2n) is 7.36. The highest BCUT2D eigenvalue weighted by Crippen LogP contribution is 2.30. The third-order valence-corrected chi connectivity index (χ3v) is 8.49. The summed E-state index contributed by atoms with van der Waals surface area (Å²) in [6.07, 6.45) is 4.93. The van der Waals surface area contributed by atoms with Crippen molar-refractivity contribution in [3.63, 3.8) is 0 Å². The van der Waals surface area contributed by atoms with Gasteiger partial charge in [-0.05, 0) is 50.3 Å². The van der Waals surface area contributed by atoms with Crippen LogP contribution in [0.1, 0.15) is 37.7 Å². The van der Waals surface area contributed by atoms with Crippen molar-refractivity contribution in [2.45, 2.75) is 54.9 Å². The summed E-state index contributed by atoms with van der Waals surface area (Å²) in [4.78, 5) is 14.6. The number of benzene rings is 1. The highest BCUT2D eigenvalue weighted by atomic mass is 32.2. The van der Waals surface area contributed by atoms with Gasteiger partial charge in [-0.15, -0.1) is 0 Å². The number of nitrogens with zero attached hydrogens (tertiary/aromatic N) is 2. The zero-order chi connectivity index (χ0) is 19.8. The molecule has 150 valence electrons. The fraction of sp³-hybridized carbons (Fsp3) is 0.611. The molecule has 1 atom stereocenters. The predicted molar refractivity (Wildman–Crippen MR) is 102 cm³/mol. The molecule has 0 radical (unpaired) electrons. The first-order valence-electron chi connectivity index (χ1n) is 9.24. The maximum absolute atomic E-state index is 13.4. The zero-order valence-corrected chi connectivity index (χ0v) is 17.4. The molecule has 1 unspecified atom stereocenters. The van der Waals surface area contributed by atoms with Gasteiger partial charge in [-0.2, -0.15) is 4.31 Å². The molecular weight excluding hydrogens is 388 g/mol. The fourth-order valence-electron chi connectivity index (χ4n) is 3.80. The van der Waals surface area contributed by atoms with Gasteiger partial charge in [0.25, 0.3) is 0 Å². The molecular formula is C18H26N2O5S2. The van der Waals surface area contributed by atoms with E-state index in [0.29, 0.717) is 31.5 Å². The number of hydrogen-bond donors (Lipinski definition) is 0. The number of aryl methyl sites for hydroxylation is 1. The topological polar surface area (TPSA) is 91.8 Å². The molecule has 0 saturated carbocycles. The van der Waals surface area contributed by atoms with E-state index in [0.717, 1.165) is 25.5 Å². The fourth-order valence-corrected chi connectivity index (χ4v) is 6.43. The van der Waals surface area contributed by atoms with E-state index in [1.165, 1.54) is 22.5 Å². The molecule has 27 heavy (non-hydrogen) atoms. The second-order valence-corrected chi connectivity index (χ2v) is 11.2. The molecule has 2 aliphatic heterocycles. The lowest BCUT2D eigenvalue weighted by atomic mass is 10.0. The minimum absolute atomic E-state index is 0.0356. The van der Waals surface area contributed by atoms with Crippen molar-refractivity contribution in [1.82, 2.24) is 9.21 Å². The lowest BCUT2D eigenvalue weighted by Gasteiger charge is -2.36. The van der Waals surface area contributed by atoms with Crippen molar-refractivity contribution in [3.8, 4) is 0 Å². The molecule has 1 aromatic carbocycles. The minimum Gasteiger partial charge on any atom is -0.341 e. The van der Waals surface area contributed by atoms with E-state index in [9.17, 15) is 21.6 Å². The molecule has 3 rings (SSSR count). The number of hydrogen-bond acceptors (Lipinski definition) is 5. The average molecular weight is 415 g/mol. The van der Waals surface area contributed by atoms with Gasteiger partial charge in [0, 0.05) is 25.9 Å². The summed E-state index contributed by atoms with van der Waals surface area (Å²) in [6, 6.07) is 3.42. The summed E-state index contributed by atoms with van der Waals surface area (Å²) in [5.74, 6) is -0.132. The van der Waals surface area contributed by atoms with Gasteiger partial charge in [0.05, 0.1) is 9.79 Å². The Morgan fingerprint density at radius 1 is 1.00 bits per heavy atom. The quantitative estimate of drug-likeness (QED) is 0.746. The van der Waals surface area contributed by atoms with Crippen molar-refractivity contribution >= 4 is 25.8 Å². The molecule has 0 aliphatic carbocycles. The number of likely N-dealkylation sites (tertiary alicyclic amines) is 1. The number of amides is 1. The summed E-state index contributed by atoms with van der Waals surface area (Å²) in [6.45, 7) is 3.26. The van der Waals surface area contributed by atoms with Gasteiger partial charge < -0.3 is 4.90 Å². The van der Waals surface area contributed by atoms with Crippen LogP contribution in [0.4, 0.5) is 0 Å². The van der Waals surface area contributed by atoms with Gasteiger partial charge in [0.1, 0.15) is 6.04 Å². The Hall–Kier alpha value is -1.45. The van der Waals surface area contributed by atoms with Crippen LogP contribution in [0.3, 0.4) is 0 Å². The third kappa shape index (κ3) is 4.05. The van der Waals surface area contributed by atoms with Gasteiger partial charge >= 0.3 is 0 Å². The maximum Gasteiger partial charge on any atom is 0.244 e. The van der Waals surface area contributed by atoms with E-state index < -0.39 is 25.9 Å². The zero-order valence-electron chi connectivity index (χ0n) is 15.7. The van der Waals surface area contributed by atoms with Crippen molar-refractivity contribution in [1.29, 1.82) is 0 Å². The van der Waals surface area contributed by atoms with Crippen molar-refractivity contribution in [2.75, 3.05) is 25.9 Å². The molecule has 0 spiro atoms. The van der Waals surface area contributed by atoms with Gasteiger partial charge in [-0.25, -0.2) is 16.8 Å². The lowest BCUT2D eigenvalue weighted by molar-refractivity contribution is -0.135. The SMILES string of the molecule is Cc1ccc(S(C)(=O)=O)cc1S(=O)(=O)N1CCCCC1C(=O)N1CCCC1. The largest absolute Gasteiger partial charge is 0.341 e. The molecule has 0 aromatic heterocycles. The normalized spacial score (nSPS) is 22.1. The van der Waals surface area contributed by atoms with Crippen LogP contribution in [0.15, 0.2) is 28.0 Å². The summed E-state index contributed by atoms with van der Waals surface area (Å²) in [5, 5.41) is 0. The van der Waals surface area contributed by atoms with Crippen LogP contribution in [0.2, 0.25) is 0 Å². The van der Waals surface area contributed by atoms with Crippen LogP contribution in [0.25, 0.3) is 0 Å². The summed E-state index contributed by atoms with van der Waals surface area (Å²) in [5.41, 5.74) is 0.473. The van der Waals surface area contributed by atoms with Crippen LogP contribution in [-0.2, 0) is 24.7 Å². The number of sulfonamides is 1. The molecule has 1 amide bonds. The lowest BCUT2D eigenvalue weighted by Crippen LogP contribution is -2.52. The molecule has 0 N–H and O–H groups in total. The maximum atomic E-state index is 13.4. The molecule has 2 aliphatic rings. The number of carbonyl (C=O) groups is 1. The highest BCUT2D eigenvalue weighted by Gasteiger charge is 2.40. The molecule has 7 nitrogen and oxygen atoms in total. The van der Waals surface area contributed by atoms with E-state index in [4.69, 9.17) is 0 Å². The molecule has 9 heteroatoms. The first-order valence-corrected chi connectivity index (χ1v) is 12.6. The van der Waals surface area contributed by atoms with E-state index in [-0.39, 0.29) is 22.2 Å². The van der Waals surface area contributed by atoms with Gasteiger partial charge in [0.15, 0.2) is 9.84 Å². The molecule has 0 bridgehead atoms. The smallest absolute Gasteiger partial charge is 0.244 e. The van der Waals surface area contributed by atoms with Crippen molar-refractivity contribution in [3.05, 3.63) is 23.8 Å². The Morgan fingerprint density at radius 2 is 1.63 bits per heavy atom. The van der Waals surface area contributed by atoms with Crippen LogP contribution in [0.5, 0.6) is 0 Å². The number of sulfone groups is 1. The highest BCUT2D eigenvalue weighted by molar-refractivity contribution is 7.91. The second kappa shape index (κ2) is 7.52. The van der Waals surface area contributed by atoms with Gasteiger partial charge in [0.2, 0.25) is 15.9 Å². The van der Waals surface area contributed by atoms with Crippen molar-refractivity contribution in [2.24, 2.45) is 0 Å². The summed E-state index contributed by atoms with van der Waals surface area (Å²) in [7, 11) is -7.51. The van der Waals surface area contributed by atoms with Crippen LogP contribution < -0.4 is 0 Å². The Labute approximate surface area is 161 Å². The van der Waals surface area contributed by atoms with Crippen LogP contribution in [0, 0.1) is 6.92 Å². The van der Waals surface area contributed by atoms with Gasteiger partial charge in [-0.3, -0.25) is 4.79 Å². The summed E-state index contributed by atoms with van der Waals surface area (Å²) < 4.78 is 51.8. The van der Waals surface area contributed by atoms with Crippen molar-refractivity contribution < 1.29 is 21.6 Å². The monoisotopic (exact) mass is 414 g/mol. The Balaban J connectivity index is 2.00. The Bertz CT molecular complexity index is 934. The molecule has 1 aromatic rings. The van der Waals surface area contributed by atoms with E-state index in [2.05, 4.69) is 0 Å². The third-order valence-electron chi connectivity index (χ3n) is 5.33. The minimum atomic E-state index is -3.98. The van der Waals surface area contributed by atoms with E-state index >= 15 is 0 Å². The predicted octanol–water partition coefficient (Wildman–Crippen LogP) is 1.56. The number of rotatable bonds is 4. The van der Waals surface area contributed by atoms with Crippen LogP contribution >= 0.6 is 0 Å². The Kier molecular flexibility index (Phi) is 5.65. The molecule has 2 fully saturated rings. The first-order chi connectivity index (χ1) is 12.6. The summed E-state index contributed by atoms with van der Waals surface area (Å²) >= 11 is 0. The number of piperidine rings is 1. The standard InChI is InChI=1S/C18H26N2O5S2/c1-14-8-9-15(26(2,22)23)13-17(14)27(24,25)20-12-4-3-7-16(20)18(21)19-10-5-6-11-19/h8-9,13,16H,3-7,10-12H2,1-2H3. The number of carbonyl (C=O) groups excluding carboxylic acids is 1. The Morgan fingerprint density at radius 3 is 2.26 bits per heavy atom.